The van der Waals surface area contributed by atoms with Gasteiger partial charge in [-0.15, -0.1) is 0 Å². The number of allylic oxidation sites excluding steroid dienone is 1. The van der Waals surface area contributed by atoms with E-state index in [0.717, 1.165) is 36.7 Å². The van der Waals surface area contributed by atoms with Crippen LogP contribution in [-0.2, 0) is 11.3 Å². The van der Waals surface area contributed by atoms with Gasteiger partial charge in [0.05, 0.1) is 11.7 Å². The number of pyridine rings is 1. The summed E-state index contributed by atoms with van der Waals surface area (Å²) in [5.74, 6) is 0.990. The van der Waals surface area contributed by atoms with Crippen LogP contribution in [0.15, 0.2) is 55.0 Å². The van der Waals surface area contributed by atoms with Crippen molar-refractivity contribution in [2.24, 2.45) is 0 Å². The maximum atomic E-state index is 12.6. The molecule has 2 aliphatic rings. The Bertz CT molecular complexity index is 1250. The Hall–Kier alpha value is -3.45. The molecular formula is C28H33N5O2. The number of carbonyl (C=O) groups is 1. The molecule has 7 nitrogen and oxygen atoms in total. The number of imidazole rings is 1. The molecule has 1 saturated heterocycles. The second-order valence-corrected chi connectivity index (χ2v) is 10.2. The molecule has 1 aliphatic carbocycles. The van der Waals surface area contributed by atoms with E-state index >= 15 is 0 Å². The Morgan fingerprint density at radius 3 is 2.51 bits per heavy atom. The van der Waals surface area contributed by atoms with Crippen molar-refractivity contribution in [1.29, 1.82) is 0 Å². The number of rotatable bonds is 3. The topological polar surface area (TPSA) is 63.5 Å². The van der Waals surface area contributed by atoms with Crippen LogP contribution in [0, 0.1) is 6.92 Å². The lowest BCUT2D eigenvalue weighted by Gasteiger charge is -2.40. The summed E-state index contributed by atoms with van der Waals surface area (Å²) in [5, 5.41) is 0. The van der Waals surface area contributed by atoms with Crippen LogP contribution >= 0.6 is 0 Å². The van der Waals surface area contributed by atoms with Gasteiger partial charge in [-0.3, -0.25) is 9.88 Å². The van der Waals surface area contributed by atoms with Crippen LogP contribution in [0.2, 0.25) is 0 Å². The van der Waals surface area contributed by atoms with Crippen LogP contribution in [0.1, 0.15) is 55.0 Å². The Balaban J connectivity index is 1.48. The quantitative estimate of drug-likeness (QED) is 0.550. The third kappa shape index (κ3) is 4.86. The highest BCUT2D eigenvalue weighted by atomic mass is 16.6. The van der Waals surface area contributed by atoms with Gasteiger partial charge >= 0.3 is 6.09 Å². The summed E-state index contributed by atoms with van der Waals surface area (Å²) in [6.07, 6.45) is 7.81. The average Bonchev–Trinajstić information content (AvgIpc) is 3.17. The smallest absolute Gasteiger partial charge is 0.410 e. The summed E-state index contributed by atoms with van der Waals surface area (Å²) in [6.45, 7) is 11.2. The van der Waals surface area contributed by atoms with Crippen molar-refractivity contribution >= 4 is 17.7 Å². The predicted octanol–water partition coefficient (Wildman–Crippen LogP) is 4.78. The molecule has 3 aromatic rings. The first-order valence-corrected chi connectivity index (χ1v) is 12.2. The molecule has 35 heavy (non-hydrogen) atoms. The summed E-state index contributed by atoms with van der Waals surface area (Å²) in [5.41, 5.74) is 5.40. The number of hydrogen-bond donors (Lipinski definition) is 0. The zero-order valence-corrected chi connectivity index (χ0v) is 20.9. The fourth-order valence-electron chi connectivity index (χ4n) is 4.96. The van der Waals surface area contributed by atoms with Gasteiger partial charge in [0.25, 0.3) is 0 Å². The van der Waals surface area contributed by atoms with Gasteiger partial charge in [-0.05, 0) is 56.5 Å². The molecule has 1 atom stereocenters. The molecule has 1 fully saturated rings. The minimum atomic E-state index is -0.493. The lowest BCUT2D eigenvalue weighted by Crippen LogP contribution is -2.51. The third-order valence-corrected chi connectivity index (χ3v) is 6.66. The lowest BCUT2D eigenvalue weighted by atomic mass is 9.95. The van der Waals surface area contributed by atoms with E-state index in [9.17, 15) is 4.79 Å². The number of aromatic nitrogens is 3. The van der Waals surface area contributed by atoms with Crippen LogP contribution < -0.4 is 0 Å². The van der Waals surface area contributed by atoms with Crippen LogP contribution in [0.4, 0.5) is 4.79 Å². The largest absolute Gasteiger partial charge is 0.444 e. The van der Waals surface area contributed by atoms with E-state index < -0.39 is 5.60 Å². The Labute approximate surface area is 207 Å². The highest BCUT2D eigenvalue weighted by Gasteiger charge is 2.34. The molecule has 0 saturated carbocycles. The molecule has 2 aromatic heterocycles. The van der Waals surface area contributed by atoms with Gasteiger partial charge in [0.15, 0.2) is 0 Å². The van der Waals surface area contributed by atoms with E-state index in [4.69, 9.17) is 9.72 Å². The van der Waals surface area contributed by atoms with Gasteiger partial charge in [-0.2, -0.15) is 0 Å². The van der Waals surface area contributed by atoms with Gasteiger partial charge in [0.2, 0.25) is 0 Å². The van der Waals surface area contributed by atoms with Crippen LogP contribution in [0.5, 0.6) is 0 Å². The van der Waals surface area contributed by atoms with Gasteiger partial charge in [-0.1, -0.05) is 30.3 Å². The summed E-state index contributed by atoms with van der Waals surface area (Å²) in [7, 11) is 0. The molecule has 0 N–H and O–H groups in total. The number of aryl methyl sites for hydroxylation is 1. The minimum Gasteiger partial charge on any atom is -0.444 e. The summed E-state index contributed by atoms with van der Waals surface area (Å²) in [6, 6.07) is 12.8. The standard InChI is InChI=1S/C28H33N5O2/c1-20-29-12-13-33(20)19-22-18-21-8-5-6-9-24(21)26(25-23(22)10-7-11-30-25)31-14-16-32(17-15-31)27(34)35-28(2,3)4/h5-13,18,26H,14-17,19H2,1-4H3. The number of hydrogen-bond acceptors (Lipinski definition) is 5. The summed E-state index contributed by atoms with van der Waals surface area (Å²) < 4.78 is 7.78. The Morgan fingerprint density at radius 1 is 1.03 bits per heavy atom. The van der Waals surface area contributed by atoms with Crippen molar-refractivity contribution < 1.29 is 9.53 Å². The van der Waals surface area contributed by atoms with E-state index in [1.54, 1.807) is 0 Å². The van der Waals surface area contributed by atoms with Crippen molar-refractivity contribution in [3.05, 3.63) is 83.2 Å². The molecule has 182 valence electrons. The van der Waals surface area contributed by atoms with Crippen molar-refractivity contribution in [3.63, 3.8) is 0 Å². The summed E-state index contributed by atoms with van der Waals surface area (Å²) in [4.78, 5) is 26.2. The maximum absolute atomic E-state index is 12.6. The zero-order valence-electron chi connectivity index (χ0n) is 20.9. The zero-order chi connectivity index (χ0) is 24.6. The molecule has 1 amide bonds. The van der Waals surface area contributed by atoms with E-state index in [1.165, 1.54) is 16.7 Å². The van der Waals surface area contributed by atoms with Gasteiger partial charge in [-0.25, -0.2) is 9.78 Å². The second-order valence-electron chi connectivity index (χ2n) is 10.2. The monoisotopic (exact) mass is 471 g/mol. The molecule has 0 radical (unpaired) electrons. The number of carbonyl (C=O) groups excluding carboxylic acids is 1. The van der Waals surface area contributed by atoms with Crippen LogP contribution in [0.3, 0.4) is 0 Å². The maximum Gasteiger partial charge on any atom is 0.410 e. The Morgan fingerprint density at radius 2 is 1.80 bits per heavy atom. The third-order valence-electron chi connectivity index (χ3n) is 6.66. The van der Waals surface area contributed by atoms with Gasteiger partial charge < -0.3 is 14.2 Å². The summed E-state index contributed by atoms with van der Waals surface area (Å²) >= 11 is 0. The molecular weight excluding hydrogens is 438 g/mol. The van der Waals surface area contributed by atoms with Crippen molar-refractivity contribution in [3.8, 4) is 0 Å². The molecule has 0 spiro atoms. The molecule has 7 heteroatoms. The normalized spacial score (nSPS) is 18.3. The van der Waals surface area contributed by atoms with E-state index in [0.29, 0.717) is 13.1 Å². The average molecular weight is 472 g/mol. The predicted molar refractivity (Wildman–Crippen MR) is 137 cm³/mol. The first-order valence-electron chi connectivity index (χ1n) is 12.2. The van der Waals surface area contributed by atoms with Gasteiger partial charge in [0, 0.05) is 56.9 Å². The minimum absolute atomic E-state index is 0.0146. The van der Waals surface area contributed by atoms with Crippen LogP contribution in [0.25, 0.3) is 11.6 Å². The first kappa shape index (κ1) is 23.3. The van der Waals surface area contributed by atoms with E-state index in [2.05, 4.69) is 50.9 Å². The SMILES string of the molecule is Cc1nccn1CC1=Cc2ccccc2C(N2CCN(C(=O)OC(C)(C)C)CC2)c2ncccc21. The first-order chi connectivity index (χ1) is 16.8. The lowest BCUT2D eigenvalue weighted by molar-refractivity contribution is 0.0118. The van der Waals surface area contributed by atoms with Gasteiger partial charge in [0.1, 0.15) is 11.4 Å². The number of benzene rings is 1. The van der Waals surface area contributed by atoms with Crippen molar-refractivity contribution in [1.82, 2.24) is 24.3 Å². The number of nitrogens with zero attached hydrogens (tertiary/aromatic N) is 5. The number of amides is 1. The molecule has 5 rings (SSSR count). The fourth-order valence-corrected chi connectivity index (χ4v) is 4.96. The molecule has 1 aromatic carbocycles. The number of ether oxygens (including phenoxy) is 1. The van der Waals surface area contributed by atoms with Crippen molar-refractivity contribution in [2.45, 2.75) is 45.9 Å². The molecule has 0 bridgehead atoms. The number of fused-ring (bicyclic) bond motifs is 2. The molecule has 1 aliphatic heterocycles. The van der Waals surface area contributed by atoms with Crippen LogP contribution in [-0.4, -0.2) is 62.2 Å². The fraction of sp³-hybridized carbons (Fsp3) is 0.393. The van der Waals surface area contributed by atoms with E-state index in [1.807, 2.05) is 57.3 Å². The molecule has 1 unspecified atom stereocenters. The van der Waals surface area contributed by atoms with Crippen molar-refractivity contribution in [2.75, 3.05) is 26.2 Å². The second kappa shape index (κ2) is 9.30. The highest BCUT2D eigenvalue weighted by Crippen LogP contribution is 2.39. The molecule has 3 heterocycles. The number of piperazine rings is 1. The van der Waals surface area contributed by atoms with E-state index in [-0.39, 0.29) is 12.1 Å². The highest BCUT2D eigenvalue weighted by molar-refractivity contribution is 5.85. The Kier molecular flexibility index (Phi) is 6.19.